The number of nitriles is 1. The van der Waals surface area contributed by atoms with Crippen molar-refractivity contribution >= 4 is 6.09 Å². The van der Waals surface area contributed by atoms with Gasteiger partial charge < -0.3 is 14.7 Å². The van der Waals surface area contributed by atoms with Crippen LogP contribution in [0.15, 0.2) is 66.7 Å². The van der Waals surface area contributed by atoms with Crippen molar-refractivity contribution in [3.63, 3.8) is 0 Å². The van der Waals surface area contributed by atoms with Crippen LogP contribution in [0.3, 0.4) is 0 Å². The third-order valence-corrected chi connectivity index (χ3v) is 8.37. The normalized spacial score (nSPS) is 24.2. The van der Waals surface area contributed by atoms with Crippen LogP contribution in [0.25, 0.3) is 11.1 Å². The third kappa shape index (κ3) is 4.08. The van der Waals surface area contributed by atoms with Crippen molar-refractivity contribution in [1.29, 1.82) is 5.26 Å². The van der Waals surface area contributed by atoms with E-state index in [1.807, 2.05) is 24.3 Å². The quantitative estimate of drug-likeness (QED) is 0.478. The maximum absolute atomic E-state index is 14.9. The summed E-state index contributed by atoms with van der Waals surface area (Å²) in [6.07, 6.45) is 2.72. The number of fused-ring (bicyclic) bond motifs is 5. The van der Waals surface area contributed by atoms with Crippen LogP contribution in [0.2, 0.25) is 0 Å². The second kappa shape index (κ2) is 9.32. The summed E-state index contributed by atoms with van der Waals surface area (Å²) in [7, 11) is 0. The number of amides is 1. The molecule has 2 bridgehead atoms. The number of ether oxygens (including phenoxy) is 1. The lowest BCUT2D eigenvalue weighted by molar-refractivity contribution is -0.0906. The van der Waals surface area contributed by atoms with Crippen molar-refractivity contribution in [1.82, 2.24) is 4.90 Å². The Bertz CT molecular complexity index is 1340. The summed E-state index contributed by atoms with van der Waals surface area (Å²) in [5.74, 6) is -0.494. The Morgan fingerprint density at radius 3 is 2.27 bits per heavy atom. The molecule has 2 atom stereocenters. The van der Waals surface area contributed by atoms with Crippen LogP contribution in [0.1, 0.15) is 60.3 Å². The first-order chi connectivity index (χ1) is 18.0. The molecule has 5 nitrogen and oxygen atoms in total. The Morgan fingerprint density at radius 2 is 1.65 bits per heavy atom. The van der Waals surface area contributed by atoms with Gasteiger partial charge in [0.25, 0.3) is 0 Å². The summed E-state index contributed by atoms with van der Waals surface area (Å²) in [5, 5.41) is 20.7. The molecule has 2 fully saturated rings. The van der Waals surface area contributed by atoms with E-state index in [4.69, 9.17) is 10.00 Å². The van der Waals surface area contributed by atoms with Crippen molar-refractivity contribution < 1.29 is 19.0 Å². The van der Waals surface area contributed by atoms with Gasteiger partial charge in [0.2, 0.25) is 0 Å². The number of hydrogen-bond acceptors (Lipinski definition) is 4. The van der Waals surface area contributed by atoms with E-state index >= 15 is 0 Å². The minimum Gasteiger partial charge on any atom is -0.448 e. The summed E-state index contributed by atoms with van der Waals surface area (Å²) < 4.78 is 20.8. The molecule has 37 heavy (non-hydrogen) atoms. The van der Waals surface area contributed by atoms with Gasteiger partial charge >= 0.3 is 6.09 Å². The van der Waals surface area contributed by atoms with Crippen LogP contribution in [0.4, 0.5) is 9.18 Å². The van der Waals surface area contributed by atoms with Gasteiger partial charge in [0.05, 0.1) is 18.1 Å². The predicted molar refractivity (Wildman–Crippen MR) is 137 cm³/mol. The molecule has 6 heteroatoms. The van der Waals surface area contributed by atoms with Crippen molar-refractivity contribution in [2.24, 2.45) is 0 Å². The lowest BCUT2D eigenvalue weighted by atomic mass is 9.72. The van der Waals surface area contributed by atoms with Crippen molar-refractivity contribution in [3.05, 3.63) is 94.8 Å². The molecule has 0 spiro atoms. The van der Waals surface area contributed by atoms with Gasteiger partial charge in [0.1, 0.15) is 12.4 Å². The first-order valence-electron chi connectivity index (χ1n) is 13.0. The van der Waals surface area contributed by atoms with Gasteiger partial charge in [-0.15, -0.1) is 0 Å². The number of carbonyl (C=O) groups is 1. The Balaban J connectivity index is 1.21. The van der Waals surface area contributed by atoms with Gasteiger partial charge in [-0.1, -0.05) is 54.6 Å². The molecule has 3 aliphatic rings. The maximum Gasteiger partial charge on any atom is 0.410 e. The van der Waals surface area contributed by atoms with Crippen LogP contribution in [0, 0.1) is 17.1 Å². The summed E-state index contributed by atoms with van der Waals surface area (Å²) in [4.78, 5) is 15.3. The smallest absolute Gasteiger partial charge is 0.410 e. The summed E-state index contributed by atoms with van der Waals surface area (Å²) in [6.45, 7) is 0.248. The molecule has 2 heterocycles. The van der Waals surface area contributed by atoms with E-state index in [9.17, 15) is 14.3 Å². The van der Waals surface area contributed by atoms with Crippen LogP contribution >= 0.6 is 0 Å². The van der Waals surface area contributed by atoms with Crippen molar-refractivity contribution in [2.75, 3.05) is 6.61 Å². The maximum atomic E-state index is 14.9. The molecule has 188 valence electrons. The minimum atomic E-state index is -1.38. The van der Waals surface area contributed by atoms with E-state index in [2.05, 4.69) is 30.3 Å². The summed E-state index contributed by atoms with van der Waals surface area (Å²) >= 11 is 0. The zero-order chi connectivity index (χ0) is 25.6. The Hall–Kier alpha value is -3.69. The number of aliphatic hydroxyl groups is 1. The molecule has 0 aromatic heterocycles. The molecule has 1 aliphatic carbocycles. The van der Waals surface area contributed by atoms with E-state index in [0.29, 0.717) is 5.56 Å². The molecule has 1 amide bonds. The highest BCUT2D eigenvalue weighted by Gasteiger charge is 2.49. The molecular weight excluding hydrogens is 467 g/mol. The molecule has 2 unspecified atom stereocenters. The van der Waals surface area contributed by atoms with Gasteiger partial charge in [0.15, 0.2) is 0 Å². The lowest BCUT2D eigenvalue weighted by Gasteiger charge is -2.51. The van der Waals surface area contributed by atoms with E-state index < -0.39 is 11.4 Å². The predicted octanol–water partition coefficient (Wildman–Crippen LogP) is 6.05. The molecule has 2 aliphatic heterocycles. The number of piperidine rings is 2. The number of carbonyl (C=O) groups excluding carboxylic acids is 1. The third-order valence-electron chi connectivity index (χ3n) is 8.37. The highest BCUT2D eigenvalue weighted by atomic mass is 19.1. The molecule has 0 saturated carbocycles. The molecule has 6 rings (SSSR count). The zero-order valence-electron chi connectivity index (χ0n) is 20.6. The Morgan fingerprint density at radius 1 is 1.03 bits per heavy atom. The SMILES string of the molecule is N#CCc1ccc(F)c(C2(O)CC3CCCC(C2)N3C(=O)OCC2c3ccccc3-c3ccccc32)c1. The average molecular weight is 497 g/mol. The fourth-order valence-corrected chi connectivity index (χ4v) is 6.75. The van der Waals surface area contributed by atoms with Crippen LogP contribution in [-0.2, 0) is 16.8 Å². The molecule has 0 radical (unpaired) electrons. The number of hydrogen-bond donors (Lipinski definition) is 1. The van der Waals surface area contributed by atoms with Crippen molar-refractivity contribution in [2.45, 2.75) is 62.1 Å². The van der Waals surface area contributed by atoms with Gasteiger partial charge in [0, 0.05) is 36.4 Å². The Labute approximate surface area is 216 Å². The van der Waals surface area contributed by atoms with E-state index in [0.717, 1.165) is 30.4 Å². The summed E-state index contributed by atoms with van der Waals surface area (Å²) in [6, 6.07) is 22.6. The second-order valence-electron chi connectivity index (χ2n) is 10.5. The summed E-state index contributed by atoms with van der Waals surface area (Å²) in [5.41, 5.74) is 4.21. The number of halogens is 1. The van der Waals surface area contributed by atoms with Gasteiger partial charge in [-0.05, 0) is 59.2 Å². The molecule has 3 aromatic carbocycles. The fourth-order valence-electron chi connectivity index (χ4n) is 6.75. The molecule has 3 aromatic rings. The molecular formula is C31H29FN2O3. The lowest BCUT2D eigenvalue weighted by Crippen LogP contribution is -2.59. The monoisotopic (exact) mass is 496 g/mol. The first kappa shape index (κ1) is 23.7. The minimum absolute atomic E-state index is 0.0186. The van der Waals surface area contributed by atoms with Gasteiger partial charge in [-0.25, -0.2) is 9.18 Å². The van der Waals surface area contributed by atoms with Crippen molar-refractivity contribution in [3.8, 4) is 17.2 Å². The second-order valence-corrected chi connectivity index (χ2v) is 10.5. The van der Waals surface area contributed by atoms with E-state index in [1.54, 1.807) is 17.0 Å². The Kier molecular flexibility index (Phi) is 5.97. The first-order valence-corrected chi connectivity index (χ1v) is 13.0. The van der Waals surface area contributed by atoms with E-state index in [1.165, 1.54) is 17.2 Å². The average Bonchev–Trinajstić information content (AvgIpc) is 3.21. The van der Waals surface area contributed by atoms with Crippen LogP contribution in [-0.4, -0.2) is 34.8 Å². The van der Waals surface area contributed by atoms with Crippen LogP contribution in [0.5, 0.6) is 0 Å². The van der Waals surface area contributed by atoms with Gasteiger partial charge in [-0.2, -0.15) is 5.26 Å². The molecule has 2 saturated heterocycles. The number of benzene rings is 3. The standard InChI is InChI=1S/C31H29FN2O3/c32-29-13-12-20(14-15-33)16-28(29)31(36)17-21-6-5-7-22(18-31)34(21)30(35)37-19-27-25-10-3-1-8-23(25)24-9-2-4-11-26(24)27/h1-4,8-13,16,21-22,27,36H,5-7,14,17-19H2. The van der Waals surface area contributed by atoms with Gasteiger partial charge in [-0.3, -0.25) is 0 Å². The molecule has 1 N–H and O–H groups in total. The topological polar surface area (TPSA) is 73.6 Å². The highest BCUT2D eigenvalue weighted by molar-refractivity contribution is 5.79. The number of nitrogens with zero attached hydrogens (tertiary/aromatic N) is 2. The van der Waals surface area contributed by atoms with Crippen LogP contribution < -0.4 is 0 Å². The van der Waals surface area contributed by atoms with E-state index in [-0.39, 0.29) is 55.5 Å². The zero-order valence-corrected chi connectivity index (χ0v) is 20.6. The highest BCUT2D eigenvalue weighted by Crippen LogP contribution is 2.47. The largest absolute Gasteiger partial charge is 0.448 e. The fraction of sp³-hybridized carbons (Fsp3) is 0.355. The number of rotatable bonds is 4.